The van der Waals surface area contributed by atoms with E-state index in [9.17, 15) is 4.79 Å². The van der Waals surface area contributed by atoms with Crippen LogP contribution in [0.2, 0.25) is 0 Å². The second-order valence-electron chi connectivity index (χ2n) is 2.81. The van der Waals surface area contributed by atoms with Gasteiger partial charge in [-0.15, -0.1) is 11.8 Å². The fourth-order valence-electron chi connectivity index (χ4n) is 1.18. The SMILES string of the molecule is O=C1N=CCC1Sc1ccccc1. The molecule has 1 aliphatic heterocycles. The summed E-state index contributed by atoms with van der Waals surface area (Å²) in [4.78, 5) is 16.0. The molecule has 0 aromatic heterocycles. The molecule has 2 nitrogen and oxygen atoms in total. The van der Waals surface area contributed by atoms with Gasteiger partial charge in [-0.3, -0.25) is 4.79 Å². The van der Waals surface area contributed by atoms with Crippen LogP contribution in [-0.2, 0) is 4.79 Å². The Morgan fingerprint density at radius 3 is 2.69 bits per heavy atom. The van der Waals surface area contributed by atoms with Gasteiger partial charge in [0, 0.05) is 17.5 Å². The van der Waals surface area contributed by atoms with E-state index in [0.29, 0.717) is 0 Å². The molecule has 13 heavy (non-hydrogen) atoms. The second kappa shape index (κ2) is 3.75. The van der Waals surface area contributed by atoms with E-state index in [2.05, 4.69) is 4.99 Å². The van der Waals surface area contributed by atoms with Crippen LogP contribution in [0, 0.1) is 0 Å². The fourth-order valence-corrected chi connectivity index (χ4v) is 2.17. The molecular weight excluding hydrogens is 182 g/mol. The van der Waals surface area contributed by atoms with Gasteiger partial charge in [0.15, 0.2) is 0 Å². The lowest BCUT2D eigenvalue weighted by Gasteiger charge is -2.05. The highest BCUT2D eigenvalue weighted by atomic mass is 32.2. The summed E-state index contributed by atoms with van der Waals surface area (Å²) in [5.74, 6) is -0.00569. The Hall–Kier alpha value is -1.09. The molecule has 1 heterocycles. The molecule has 1 aromatic carbocycles. The molecule has 0 bridgehead atoms. The van der Waals surface area contributed by atoms with Crippen molar-refractivity contribution in [2.75, 3.05) is 0 Å². The van der Waals surface area contributed by atoms with Gasteiger partial charge < -0.3 is 0 Å². The average molecular weight is 191 g/mol. The molecule has 1 aliphatic rings. The van der Waals surface area contributed by atoms with Crippen molar-refractivity contribution >= 4 is 23.9 Å². The number of carbonyl (C=O) groups is 1. The first-order valence-corrected chi connectivity index (χ1v) is 5.02. The molecule has 1 amide bonds. The summed E-state index contributed by atoms with van der Waals surface area (Å²) in [5, 5.41) is 0.00222. The summed E-state index contributed by atoms with van der Waals surface area (Å²) in [6, 6.07) is 9.94. The third-order valence-electron chi connectivity index (χ3n) is 1.83. The lowest BCUT2D eigenvalue weighted by atomic mass is 10.3. The first-order chi connectivity index (χ1) is 6.36. The Bertz CT molecular complexity index is 334. The van der Waals surface area contributed by atoms with Crippen LogP contribution in [0.5, 0.6) is 0 Å². The van der Waals surface area contributed by atoms with Gasteiger partial charge in [-0.2, -0.15) is 0 Å². The third-order valence-corrected chi connectivity index (χ3v) is 3.06. The van der Waals surface area contributed by atoms with Gasteiger partial charge in [0.25, 0.3) is 5.91 Å². The third kappa shape index (κ3) is 1.98. The number of nitrogens with zero attached hydrogens (tertiary/aromatic N) is 1. The van der Waals surface area contributed by atoms with Crippen molar-refractivity contribution in [3.8, 4) is 0 Å². The molecule has 0 aliphatic carbocycles. The highest BCUT2D eigenvalue weighted by Gasteiger charge is 2.21. The zero-order chi connectivity index (χ0) is 9.10. The number of aliphatic imine (C=N–C) groups is 1. The van der Waals surface area contributed by atoms with Crippen molar-refractivity contribution in [1.82, 2.24) is 0 Å². The maximum absolute atomic E-state index is 11.2. The highest BCUT2D eigenvalue weighted by molar-refractivity contribution is 8.00. The highest BCUT2D eigenvalue weighted by Crippen LogP contribution is 2.27. The van der Waals surface area contributed by atoms with E-state index in [1.807, 2.05) is 30.3 Å². The molecule has 66 valence electrons. The summed E-state index contributed by atoms with van der Waals surface area (Å²) in [6.07, 6.45) is 2.46. The van der Waals surface area contributed by atoms with Crippen LogP contribution in [0.15, 0.2) is 40.2 Å². The number of amides is 1. The van der Waals surface area contributed by atoms with Crippen molar-refractivity contribution < 1.29 is 4.79 Å². The summed E-state index contributed by atoms with van der Waals surface area (Å²) in [6.45, 7) is 0. The topological polar surface area (TPSA) is 29.4 Å². The van der Waals surface area contributed by atoms with E-state index < -0.39 is 0 Å². The molecule has 0 spiro atoms. The van der Waals surface area contributed by atoms with E-state index in [1.54, 1.807) is 18.0 Å². The second-order valence-corrected chi connectivity index (χ2v) is 4.08. The monoisotopic (exact) mass is 191 g/mol. The van der Waals surface area contributed by atoms with Crippen LogP contribution in [-0.4, -0.2) is 17.4 Å². The lowest BCUT2D eigenvalue weighted by Crippen LogP contribution is -2.08. The van der Waals surface area contributed by atoms with Crippen molar-refractivity contribution in [1.29, 1.82) is 0 Å². The van der Waals surface area contributed by atoms with Gasteiger partial charge in [-0.1, -0.05) is 18.2 Å². The Morgan fingerprint density at radius 1 is 1.31 bits per heavy atom. The molecule has 2 rings (SSSR count). The summed E-state index contributed by atoms with van der Waals surface area (Å²) in [7, 11) is 0. The van der Waals surface area contributed by atoms with Crippen LogP contribution < -0.4 is 0 Å². The van der Waals surface area contributed by atoms with Crippen molar-refractivity contribution in [2.45, 2.75) is 16.6 Å². The minimum atomic E-state index is -0.00569. The van der Waals surface area contributed by atoms with E-state index >= 15 is 0 Å². The van der Waals surface area contributed by atoms with Crippen molar-refractivity contribution in [3.05, 3.63) is 30.3 Å². The summed E-state index contributed by atoms with van der Waals surface area (Å²) in [5.41, 5.74) is 0. The van der Waals surface area contributed by atoms with Crippen molar-refractivity contribution in [3.63, 3.8) is 0 Å². The first kappa shape index (κ1) is 8.51. The van der Waals surface area contributed by atoms with Gasteiger partial charge in [0.05, 0.1) is 5.25 Å². The number of hydrogen-bond donors (Lipinski definition) is 0. The standard InChI is InChI=1S/C10H9NOS/c12-10-9(6-7-11-10)13-8-4-2-1-3-5-8/h1-5,7,9H,6H2. The predicted octanol–water partition coefficient (Wildman–Crippen LogP) is 2.15. The molecule has 1 unspecified atom stereocenters. The molecule has 1 aromatic rings. The van der Waals surface area contributed by atoms with Crippen LogP contribution in [0.25, 0.3) is 0 Å². The summed E-state index contributed by atoms with van der Waals surface area (Å²) < 4.78 is 0. The zero-order valence-corrected chi connectivity index (χ0v) is 7.83. The van der Waals surface area contributed by atoms with Crippen LogP contribution in [0.4, 0.5) is 0 Å². The van der Waals surface area contributed by atoms with E-state index in [4.69, 9.17) is 0 Å². The number of rotatable bonds is 2. The van der Waals surface area contributed by atoms with E-state index in [1.165, 1.54) is 0 Å². The first-order valence-electron chi connectivity index (χ1n) is 4.14. The molecule has 0 fully saturated rings. The molecule has 3 heteroatoms. The molecule has 0 N–H and O–H groups in total. The van der Waals surface area contributed by atoms with Gasteiger partial charge in [0.1, 0.15) is 0 Å². The minimum absolute atomic E-state index is 0.00222. The number of benzene rings is 1. The largest absolute Gasteiger partial charge is 0.271 e. The number of thioether (sulfide) groups is 1. The van der Waals surface area contributed by atoms with E-state index in [0.717, 1.165) is 11.3 Å². The molecule has 0 radical (unpaired) electrons. The normalized spacial score (nSPS) is 20.9. The Balaban J connectivity index is 2.03. The molecular formula is C10H9NOS. The van der Waals surface area contributed by atoms with E-state index in [-0.39, 0.29) is 11.2 Å². The quantitative estimate of drug-likeness (QED) is 0.716. The van der Waals surface area contributed by atoms with Crippen LogP contribution in [0.1, 0.15) is 6.42 Å². The fraction of sp³-hybridized carbons (Fsp3) is 0.200. The maximum Gasteiger partial charge on any atom is 0.259 e. The molecule has 1 atom stereocenters. The van der Waals surface area contributed by atoms with Crippen LogP contribution >= 0.6 is 11.8 Å². The van der Waals surface area contributed by atoms with Crippen LogP contribution in [0.3, 0.4) is 0 Å². The Labute approximate surface area is 81.1 Å². The lowest BCUT2D eigenvalue weighted by molar-refractivity contribution is -0.116. The Kier molecular flexibility index (Phi) is 2.45. The van der Waals surface area contributed by atoms with Gasteiger partial charge >= 0.3 is 0 Å². The number of hydrogen-bond acceptors (Lipinski definition) is 2. The minimum Gasteiger partial charge on any atom is -0.271 e. The zero-order valence-electron chi connectivity index (χ0n) is 7.01. The predicted molar refractivity (Wildman–Crippen MR) is 54.2 cm³/mol. The van der Waals surface area contributed by atoms with Gasteiger partial charge in [-0.25, -0.2) is 4.99 Å². The smallest absolute Gasteiger partial charge is 0.259 e. The Morgan fingerprint density at radius 2 is 2.08 bits per heavy atom. The molecule has 0 saturated heterocycles. The van der Waals surface area contributed by atoms with Gasteiger partial charge in [-0.05, 0) is 12.1 Å². The maximum atomic E-state index is 11.2. The molecule has 0 saturated carbocycles. The van der Waals surface area contributed by atoms with Crippen molar-refractivity contribution in [2.24, 2.45) is 4.99 Å². The average Bonchev–Trinajstić information content (AvgIpc) is 2.54. The van der Waals surface area contributed by atoms with Gasteiger partial charge in [0.2, 0.25) is 0 Å². The number of carbonyl (C=O) groups excluding carboxylic acids is 1. The summed E-state index contributed by atoms with van der Waals surface area (Å²) >= 11 is 1.58.